The predicted octanol–water partition coefficient (Wildman–Crippen LogP) is 4.10. The normalized spacial score (nSPS) is 10.3. The van der Waals surface area contributed by atoms with Crippen LogP contribution in [0.1, 0.15) is 22.8 Å². The van der Waals surface area contributed by atoms with Gasteiger partial charge in [-0.3, -0.25) is 0 Å². The molecule has 18 heavy (non-hydrogen) atoms. The minimum atomic E-state index is -0.886. The molecule has 2 nitrogen and oxygen atoms in total. The lowest BCUT2D eigenvalue weighted by Crippen LogP contribution is -1.97. The van der Waals surface area contributed by atoms with Gasteiger partial charge >= 0.3 is 5.97 Å². The Labute approximate surface area is 111 Å². The van der Waals surface area contributed by atoms with Crippen molar-refractivity contribution in [2.45, 2.75) is 23.1 Å². The molecule has 0 spiro atoms. The van der Waals surface area contributed by atoms with Gasteiger partial charge in [0.15, 0.2) is 0 Å². The molecule has 0 fully saturated rings. The molecule has 0 unspecified atom stereocenters. The number of hydrogen-bond acceptors (Lipinski definition) is 2. The predicted molar refractivity (Wildman–Crippen MR) is 73.3 cm³/mol. The van der Waals surface area contributed by atoms with E-state index >= 15 is 0 Å². The fourth-order valence-corrected chi connectivity index (χ4v) is 2.59. The first-order chi connectivity index (χ1) is 8.70. The van der Waals surface area contributed by atoms with Gasteiger partial charge in [-0.1, -0.05) is 43.0 Å². The van der Waals surface area contributed by atoms with E-state index in [9.17, 15) is 4.79 Å². The summed E-state index contributed by atoms with van der Waals surface area (Å²) in [6, 6.07) is 15.3. The van der Waals surface area contributed by atoms with Crippen LogP contribution in [0.2, 0.25) is 0 Å². The van der Waals surface area contributed by atoms with Crippen molar-refractivity contribution in [1.82, 2.24) is 0 Å². The molecule has 0 radical (unpaired) electrons. The summed E-state index contributed by atoms with van der Waals surface area (Å²) < 4.78 is 0. The highest BCUT2D eigenvalue weighted by Crippen LogP contribution is 2.30. The zero-order chi connectivity index (χ0) is 13.0. The van der Waals surface area contributed by atoms with Gasteiger partial charge in [0, 0.05) is 9.79 Å². The number of aryl methyl sites for hydroxylation is 1. The van der Waals surface area contributed by atoms with Crippen molar-refractivity contribution in [3.8, 4) is 0 Å². The minimum absolute atomic E-state index is 0.349. The molecule has 0 saturated carbocycles. The minimum Gasteiger partial charge on any atom is -0.478 e. The van der Waals surface area contributed by atoms with Gasteiger partial charge in [0.05, 0.1) is 5.56 Å². The van der Waals surface area contributed by atoms with Crippen molar-refractivity contribution in [2.24, 2.45) is 0 Å². The molecular formula is C15H14O2S. The van der Waals surface area contributed by atoms with Crippen LogP contribution in [0.25, 0.3) is 0 Å². The van der Waals surface area contributed by atoms with Crippen molar-refractivity contribution < 1.29 is 9.90 Å². The molecule has 0 amide bonds. The number of hydrogen-bond donors (Lipinski definition) is 1. The molecule has 0 aliphatic rings. The van der Waals surface area contributed by atoms with Gasteiger partial charge < -0.3 is 5.11 Å². The van der Waals surface area contributed by atoms with E-state index in [0.29, 0.717) is 5.56 Å². The van der Waals surface area contributed by atoms with E-state index in [0.717, 1.165) is 16.2 Å². The lowest BCUT2D eigenvalue weighted by atomic mass is 10.2. The second-order valence-electron chi connectivity index (χ2n) is 3.90. The Morgan fingerprint density at radius 3 is 2.39 bits per heavy atom. The Morgan fingerprint density at radius 2 is 1.78 bits per heavy atom. The third-order valence-electron chi connectivity index (χ3n) is 2.68. The molecule has 0 aromatic heterocycles. The SMILES string of the molecule is CCc1ccc(Sc2ccccc2C(=O)O)cc1. The van der Waals surface area contributed by atoms with Crippen molar-refractivity contribution in [2.75, 3.05) is 0 Å². The van der Waals surface area contributed by atoms with E-state index in [1.165, 1.54) is 17.3 Å². The van der Waals surface area contributed by atoms with Gasteiger partial charge in [-0.15, -0.1) is 0 Å². The van der Waals surface area contributed by atoms with Crippen LogP contribution in [0.5, 0.6) is 0 Å². The lowest BCUT2D eigenvalue weighted by Gasteiger charge is -2.06. The van der Waals surface area contributed by atoms with E-state index in [1.807, 2.05) is 24.3 Å². The number of carboxylic acids is 1. The van der Waals surface area contributed by atoms with E-state index in [2.05, 4.69) is 19.1 Å². The molecule has 0 atom stereocenters. The fourth-order valence-electron chi connectivity index (χ4n) is 1.65. The van der Waals surface area contributed by atoms with Crippen LogP contribution in [0.4, 0.5) is 0 Å². The quantitative estimate of drug-likeness (QED) is 0.897. The summed E-state index contributed by atoms with van der Waals surface area (Å²) in [4.78, 5) is 12.9. The van der Waals surface area contributed by atoms with Crippen LogP contribution in [0.3, 0.4) is 0 Å². The third kappa shape index (κ3) is 2.93. The molecule has 2 aromatic carbocycles. The molecule has 1 N–H and O–H groups in total. The standard InChI is InChI=1S/C15H14O2S/c1-2-11-7-9-12(10-8-11)18-14-6-4-3-5-13(14)15(16)17/h3-10H,2H2,1H3,(H,16,17). The summed E-state index contributed by atoms with van der Waals surface area (Å²) in [5.41, 5.74) is 1.63. The summed E-state index contributed by atoms with van der Waals surface area (Å²) in [6.07, 6.45) is 1.01. The summed E-state index contributed by atoms with van der Waals surface area (Å²) in [5, 5.41) is 9.11. The van der Waals surface area contributed by atoms with Gasteiger partial charge in [0.1, 0.15) is 0 Å². The van der Waals surface area contributed by atoms with Gasteiger partial charge in [0.25, 0.3) is 0 Å². The molecule has 0 saturated heterocycles. The molecule has 0 heterocycles. The first-order valence-electron chi connectivity index (χ1n) is 5.80. The van der Waals surface area contributed by atoms with Crippen LogP contribution in [-0.2, 0) is 6.42 Å². The highest BCUT2D eigenvalue weighted by molar-refractivity contribution is 7.99. The maximum Gasteiger partial charge on any atom is 0.336 e. The second kappa shape index (κ2) is 5.74. The summed E-state index contributed by atoms with van der Waals surface area (Å²) in [6.45, 7) is 2.11. The van der Waals surface area contributed by atoms with Crippen LogP contribution >= 0.6 is 11.8 Å². The molecule has 0 bridgehead atoms. The molecule has 92 valence electrons. The maximum atomic E-state index is 11.1. The van der Waals surface area contributed by atoms with E-state index < -0.39 is 5.97 Å². The third-order valence-corrected chi connectivity index (χ3v) is 3.76. The Morgan fingerprint density at radius 1 is 1.11 bits per heavy atom. The van der Waals surface area contributed by atoms with E-state index in [-0.39, 0.29) is 0 Å². The van der Waals surface area contributed by atoms with Crippen molar-refractivity contribution in [3.05, 3.63) is 59.7 Å². The number of benzene rings is 2. The van der Waals surface area contributed by atoms with Gasteiger partial charge in [-0.05, 0) is 36.2 Å². The van der Waals surface area contributed by atoms with Crippen molar-refractivity contribution in [3.63, 3.8) is 0 Å². The molecular weight excluding hydrogens is 244 g/mol. The number of aromatic carboxylic acids is 1. The Balaban J connectivity index is 2.25. The summed E-state index contributed by atoms with van der Waals surface area (Å²) in [5.74, 6) is -0.886. The topological polar surface area (TPSA) is 37.3 Å². The highest BCUT2D eigenvalue weighted by Gasteiger charge is 2.09. The molecule has 3 heteroatoms. The van der Waals surface area contributed by atoms with Gasteiger partial charge in [-0.25, -0.2) is 4.79 Å². The Hall–Kier alpha value is -1.74. The molecule has 2 aromatic rings. The number of carbonyl (C=O) groups is 1. The van der Waals surface area contributed by atoms with E-state index in [1.54, 1.807) is 12.1 Å². The van der Waals surface area contributed by atoms with Crippen molar-refractivity contribution >= 4 is 17.7 Å². The molecule has 0 aliphatic carbocycles. The first kappa shape index (κ1) is 12.7. The second-order valence-corrected chi connectivity index (χ2v) is 5.02. The zero-order valence-corrected chi connectivity index (χ0v) is 10.9. The van der Waals surface area contributed by atoms with Crippen LogP contribution in [-0.4, -0.2) is 11.1 Å². The fraction of sp³-hybridized carbons (Fsp3) is 0.133. The molecule has 0 aliphatic heterocycles. The van der Waals surface area contributed by atoms with Gasteiger partial charge in [0.2, 0.25) is 0 Å². The Bertz CT molecular complexity index is 547. The highest BCUT2D eigenvalue weighted by atomic mass is 32.2. The zero-order valence-electron chi connectivity index (χ0n) is 10.1. The summed E-state index contributed by atoms with van der Waals surface area (Å²) >= 11 is 1.48. The van der Waals surface area contributed by atoms with Crippen LogP contribution < -0.4 is 0 Å². The lowest BCUT2D eigenvalue weighted by molar-refractivity contribution is 0.0693. The maximum absolute atomic E-state index is 11.1. The smallest absolute Gasteiger partial charge is 0.336 e. The largest absolute Gasteiger partial charge is 0.478 e. The summed E-state index contributed by atoms with van der Waals surface area (Å²) in [7, 11) is 0. The van der Waals surface area contributed by atoms with Gasteiger partial charge in [-0.2, -0.15) is 0 Å². The Kier molecular flexibility index (Phi) is 4.05. The average Bonchev–Trinajstić information content (AvgIpc) is 2.40. The van der Waals surface area contributed by atoms with Crippen LogP contribution in [0, 0.1) is 0 Å². The molecule has 2 rings (SSSR count). The number of rotatable bonds is 4. The monoisotopic (exact) mass is 258 g/mol. The van der Waals surface area contributed by atoms with Crippen molar-refractivity contribution in [1.29, 1.82) is 0 Å². The van der Waals surface area contributed by atoms with Crippen LogP contribution in [0.15, 0.2) is 58.3 Å². The average molecular weight is 258 g/mol. The first-order valence-corrected chi connectivity index (χ1v) is 6.61. The number of carboxylic acid groups (broad SMARTS) is 1. The van der Waals surface area contributed by atoms with E-state index in [4.69, 9.17) is 5.11 Å².